The predicted molar refractivity (Wildman–Crippen MR) is 313 cm³/mol. The molecule has 2 unspecified atom stereocenters. The predicted octanol–water partition coefficient (Wildman–Crippen LogP) is 18.5. The van der Waals surface area contributed by atoms with Gasteiger partial charge in [0.25, 0.3) is 0 Å². The Hall–Kier alpha value is -9.10. The van der Waals surface area contributed by atoms with E-state index in [1.807, 2.05) is 11.3 Å². The van der Waals surface area contributed by atoms with Crippen LogP contribution < -0.4 is 0 Å². The standard InChI is InChI=1S/C68H44N4OS/c1-2-46-65(43-30-35-62-53(37-43)51-24-12-15-27-61(51)74-62)69-68(44-28-31-49-48-22-10-13-25-55(48)71(58(49)39-44)45-19-4-3-5-20-45)70-66(46)64-57(34-32-52-50-23-11-14-26-60(50)73-67(52)64)72-56-33-29-40-16-8-9-21-47(40)63(56)54-36-41-17-6-7-18-42(41)38-59(54)72/h3-39,46,65H,2H2,1H3. The fraction of sp³-hybridized carbons (Fsp3) is 0.0588. The number of aliphatic imine (C=N–C) groups is 2. The van der Waals surface area contributed by atoms with Crippen molar-refractivity contribution in [3.63, 3.8) is 0 Å². The molecule has 1 aliphatic rings. The number of aromatic nitrogens is 2. The Balaban J connectivity index is 1.02. The summed E-state index contributed by atoms with van der Waals surface area (Å²) < 4.78 is 14.7. The van der Waals surface area contributed by atoms with Gasteiger partial charge in [-0.25, -0.2) is 4.99 Å². The topological polar surface area (TPSA) is 47.7 Å². The monoisotopic (exact) mass is 964 g/mol. The number of para-hydroxylation sites is 3. The molecular formula is C68H44N4OS. The summed E-state index contributed by atoms with van der Waals surface area (Å²) >= 11 is 1.85. The number of rotatable bonds is 6. The molecule has 5 heterocycles. The lowest BCUT2D eigenvalue weighted by atomic mass is 9.81. The number of nitrogens with zero attached hydrogens (tertiary/aromatic N) is 4. The maximum absolute atomic E-state index is 7.23. The van der Waals surface area contributed by atoms with Crippen LogP contribution in [0.5, 0.6) is 0 Å². The SMILES string of the molecule is CCC1C(c2c(-n3c4cc5ccccc5cc4c4c5ccccc5ccc43)ccc3c2oc2ccccc23)=NC(c2ccc3c4ccccc4n(-c4ccccc4)c3c2)=NC1c1ccc2sc3ccccc3c2c1. The number of hydrogen-bond acceptors (Lipinski definition) is 4. The molecule has 0 radical (unpaired) electrons. The molecule has 4 aromatic heterocycles. The van der Waals surface area contributed by atoms with Crippen molar-refractivity contribution in [1.29, 1.82) is 0 Å². The van der Waals surface area contributed by atoms with E-state index in [0.717, 1.165) is 78.6 Å². The van der Waals surface area contributed by atoms with Crippen molar-refractivity contribution in [1.82, 2.24) is 9.13 Å². The first kappa shape index (κ1) is 41.5. The second kappa shape index (κ2) is 15.9. The van der Waals surface area contributed by atoms with Crippen molar-refractivity contribution in [3.05, 3.63) is 241 Å². The Labute approximate surface area is 429 Å². The number of furan rings is 1. The molecule has 0 N–H and O–H groups in total. The number of benzene rings is 11. The van der Waals surface area contributed by atoms with Crippen molar-refractivity contribution in [2.75, 3.05) is 0 Å². The highest BCUT2D eigenvalue weighted by Gasteiger charge is 2.36. The maximum Gasteiger partial charge on any atom is 0.155 e. The van der Waals surface area contributed by atoms with E-state index in [4.69, 9.17) is 14.4 Å². The lowest BCUT2D eigenvalue weighted by molar-refractivity contribution is 0.532. The largest absolute Gasteiger partial charge is 0.455 e. The summed E-state index contributed by atoms with van der Waals surface area (Å²) in [7, 11) is 0. The molecule has 348 valence electrons. The van der Waals surface area contributed by atoms with Crippen LogP contribution in [0.15, 0.2) is 239 Å². The van der Waals surface area contributed by atoms with E-state index in [-0.39, 0.29) is 12.0 Å². The number of amidine groups is 1. The third kappa shape index (κ3) is 6.03. The van der Waals surface area contributed by atoms with Gasteiger partial charge in [-0.1, -0.05) is 153 Å². The molecule has 16 rings (SSSR count). The van der Waals surface area contributed by atoms with Crippen LogP contribution in [0.3, 0.4) is 0 Å². The third-order valence-corrected chi connectivity index (χ3v) is 17.0. The Morgan fingerprint density at radius 1 is 0.473 bits per heavy atom. The fourth-order valence-corrected chi connectivity index (χ4v) is 13.6. The molecule has 0 spiro atoms. The molecule has 5 nitrogen and oxygen atoms in total. The Morgan fingerprint density at radius 3 is 2.03 bits per heavy atom. The van der Waals surface area contributed by atoms with Crippen molar-refractivity contribution >= 4 is 130 Å². The summed E-state index contributed by atoms with van der Waals surface area (Å²) in [6.45, 7) is 2.30. The van der Waals surface area contributed by atoms with Gasteiger partial charge in [0.05, 0.1) is 45.1 Å². The minimum Gasteiger partial charge on any atom is -0.455 e. The number of fused-ring (bicyclic) bond motifs is 15. The Bertz CT molecular complexity index is 4910. The van der Waals surface area contributed by atoms with E-state index < -0.39 is 0 Å². The van der Waals surface area contributed by atoms with E-state index in [1.54, 1.807) is 0 Å². The van der Waals surface area contributed by atoms with Gasteiger partial charge in [-0.15, -0.1) is 11.3 Å². The van der Waals surface area contributed by atoms with E-state index >= 15 is 0 Å². The van der Waals surface area contributed by atoms with Gasteiger partial charge in [0.2, 0.25) is 0 Å². The first-order valence-corrected chi connectivity index (χ1v) is 26.4. The van der Waals surface area contributed by atoms with Crippen molar-refractivity contribution in [3.8, 4) is 11.4 Å². The highest BCUT2D eigenvalue weighted by Crippen LogP contribution is 2.47. The lowest BCUT2D eigenvalue weighted by Crippen LogP contribution is -2.29. The highest BCUT2D eigenvalue weighted by molar-refractivity contribution is 7.25. The van der Waals surface area contributed by atoms with Gasteiger partial charge in [-0.2, -0.15) is 0 Å². The van der Waals surface area contributed by atoms with Crippen LogP contribution in [0.25, 0.3) is 119 Å². The zero-order chi connectivity index (χ0) is 48.6. The van der Waals surface area contributed by atoms with Gasteiger partial charge in [-0.05, 0) is 112 Å². The zero-order valence-electron chi connectivity index (χ0n) is 40.3. The molecular weight excluding hydrogens is 921 g/mol. The molecule has 0 bridgehead atoms. The summed E-state index contributed by atoms with van der Waals surface area (Å²) in [6.07, 6.45) is 0.794. The van der Waals surface area contributed by atoms with Gasteiger partial charge >= 0.3 is 0 Å². The van der Waals surface area contributed by atoms with Crippen LogP contribution >= 0.6 is 11.3 Å². The van der Waals surface area contributed by atoms with Gasteiger partial charge in [-0.3, -0.25) is 4.99 Å². The van der Waals surface area contributed by atoms with Gasteiger partial charge in [0.15, 0.2) is 5.84 Å². The molecule has 0 aliphatic carbocycles. The molecule has 0 saturated carbocycles. The summed E-state index contributed by atoms with van der Waals surface area (Å²) in [5.74, 6) is 0.586. The molecule has 15 aromatic rings. The minimum absolute atomic E-state index is 0.118. The average molecular weight is 965 g/mol. The molecule has 0 amide bonds. The van der Waals surface area contributed by atoms with Crippen LogP contribution in [0.4, 0.5) is 0 Å². The van der Waals surface area contributed by atoms with Crippen molar-refractivity contribution in [2.45, 2.75) is 19.4 Å². The second-order valence-corrected chi connectivity index (χ2v) is 20.9. The maximum atomic E-state index is 7.23. The van der Waals surface area contributed by atoms with Crippen LogP contribution in [0, 0.1) is 5.92 Å². The van der Waals surface area contributed by atoms with Crippen LogP contribution in [-0.2, 0) is 0 Å². The quantitative estimate of drug-likeness (QED) is 0.164. The zero-order valence-corrected chi connectivity index (χ0v) is 41.1. The summed E-state index contributed by atoms with van der Waals surface area (Å²) in [5, 5.41) is 14.4. The van der Waals surface area contributed by atoms with E-state index in [1.165, 1.54) is 68.8 Å². The Morgan fingerprint density at radius 2 is 1.16 bits per heavy atom. The van der Waals surface area contributed by atoms with E-state index in [0.29, 0.717) is 5.84 Å². The first-order valence-electron chi connectivity index (χ1n) is 25.6. The van der Waals surface area contributed by atoms with Crippen LogP contribution in [0.1, 0.15) is 36.1 Å². The summed E-state index contributed by atoms with van der Waals surface area (Å²) in [5.41, 5.74) is 12.5. The molecule has 0 saturated heterocycles. The summed E-state index contributed by atoms with van der Waals surface area (Å²) in [4.78, 5) is 11.8. The molecule has 0 fully saturated rings. The normalized spacial score (nSPS) is 15.3. The van der Waals surface area contributed by atoms with E-state index in [2.05, 4.69) is 241 Å². The van der Waals surface area contributed by atoms with Crippen molar-refractivity contribution < 1.29 is 4.42 Å². The molecule has 1 aliphatic heterocycles. The molecule has 6 heteroatoms. The average Bonchev–Trinajstić information content (AvgIpc) is 4.21. The van der Waals surface area contributed by atoms with Gasteiger partial charge in [0.1, 0.15) is 11.2 Å². The van der Waals surface area contributed by atoms with Gasteiger partial charge < -0.3 is 13.6 Å². The first-order chi connectivity index (χ1) is 36.6. The summed E-state index contributed by atoms with van der Waals surface area (Å²) in [6, 6.07) is 81.7. The highest BCUT2D eigenvalue weighted by atomic mass is 32.1. The Kier molecular flexibility index (Phi) is 8.95. The lowest BCUT2D eigenvalue weighted by Gasteiger charge is -2.31. The molecule has 11 aromatic carbocycles. The second-order valence-electron chi connectivity index (χ2n) is 19.9. The minimum atomic E-state index is -0.264. The van der Waals surface area contributed by atoms with Crippen molar-refractivity contribution in [2.24, 2.45) is 15.9 Å². The molecule has 2 atom stereocenters. The van der Waals surface area contributed by atoms with Crippen LogP contribution in [-0.4, -0.2) is 20.7 Å². The van der Waals surface area contributed by atoms with Crippen LogP contribution in [0.2, 0.25) is 0 Å². The number of thiophene rings is 1. The third-order valence-electron chi connectivity index (χ3n) is 15.9. The fourth-order valence-electron chi connectivity index (χ4n) is 12.5. The smallest absolute Gasteiger partial charge is 0.155 e. The molecule has 74 heavy (non-hydrogen) atoms. The number of hydrogen-bond donors (Lipinski definition) is 0. The van der Waals surface area contributed by atoms with Gasteiger partial charge in [0, 0.05) is 69.7 Å². The van der Waals surface area contributed by atoms with E-state index in [9.17, 15) is 0 Å².